The van der Waals surface area contributed by atoms with E-state index in [2.05, 4.69) is 18.2 Å². The van der Waals surface area contributed by atoms with Crippen molar-refractivity contribution in [3.63, 3.8) is 0 Å². The van der Waals surface area contributed by atoms with Gasteiger partial charge in [0.25, 0.3) is 0 Å². The number of nitrogens with zero attached hydrogens (tertiary/aromatic N) is 1. The number of hydrogen-bond acceptors (Lipinski definition) is 3. The van der Waals surface area contributed by atoms with Gasteiger partial charge < -0.3 is 9.52 Å². The highest BCUT2D eigenvalue weighted by atomic mass is 16.3. The molecule has 26 heavy (non-hydrogen) atoms. The number of phenols is 1. The predicted octanol–water partition coefficient (Wildman–Crippen LogP) is 6.02. The van der Waals surface area contributed by atoms with Crippen molar-refractivity contribution in [2.75, 3.05) is 0 Å². The summed E-state index contributed by atoms with van der Waals surface area (Å²) < 4.78 is 6.01. The quantitative estimate of drug-likeness (QED) is 0.428. The first-order chi connectivity index (χ1) is 12.8. The molecule has 0 fully saturated rings. The Bertz CT molecular complexity index is 1240. The highest BCUT2D eigenvalue weighted by Crippen LogP contribution is 2.33. The zero-order valence-corrected chi connectivity index (χ0v) is 13.9. The van der Waals surface area contributed by atoms with Crippen LogP contribution in [0.3, 0.4) is 0 Å². The molecule has 0 amide bonds. The second-order valence-corrected chi connectivity index (χ2v) is 6.28. The number of rotatable bonds is 2. The Morgan fingerprint density at radius 2 is 1.62 bits per heavy atom. The lowest BCUT2D eigenvalue weighted by Gasteiger charge is -2.03. The maximum absolute atomic E-state index is 9.71. The first-order valence-corrected chi connectivity index (χ1v) is 8.46. The van der Waals surface area contributed by atoms with Gasteiger partial charge in [-0.05, 0) is 58.3 Å². The largest absolute Gasteiger partial charge is 0.508 e. The second kappa shape index (κ2) is 5.74. The summed E-state index contributed by atoms with van der Waals surface area (Å²) in [6.07, 6.45) is 0. The molecule has 4 aromatic carbocycles. The Hall–Kier alpha value is -3.59. The van der Waals surface area contributed by atoms with Gasteiger partial charge in [-0.15, -0.1) is 0 Å². The van der Waals surface area contributed by atoms with Crippen molar-refractivity contribution < 1.29 is 9.52 Å². The number of aromatic hydroxyl groups is 1. The molecule has 0 atom stereocenters. The minimum atomic E-state index is 0.250. The molecule has 0 aliphatic heterocycles. The zero-order valence-electron chi connectivity index (χ0n) is 13.9. The first kappa shape index (κ1) is 14.7. The summed E-state index contributed by atoms with van der Waals surface area (Å²) in [6, 6.07) is 27.5. The smallest absolute Gasteiger partial charge is 0.227 e. The molecule has 5 aromatic rings. The third-order valence-electron chi connectivity index (χ3n) is 4.59. The SMILES string of the molecule is Oc1ccc2c(-c3nc4cc(-c5ccccc5)ccc4o3)cccc2c1. The maximum atomic E-state index is 9.71. The highest BCUT2D eigenvalue weighted by Gasteiger charge is 2.12. The Morgan fingerprint density at radius 1 is 0.731 bits per heavy atom. The fourth-order valence-corrected chi connectivity index (χ4v) is 3.31. The minimum Gasteiger partial charge on any atom is -0.508 e. The van der Waals surface area contributed by atoms with Crippen molar-refractivity contribution in [2.24, 2.45) is 0 Å². The molecule has 0 saturated heterocycles. The Kier molecular flexibility index (Phi) is 3.25. The Balaban J connectivity index is 1.67. The summed E-state index contributed by atoms with van der Waals surface area (Å²) in [5.41, 5.74) is 4.77. The van der Waals surface area contributed by atoms with Crippen LogP contribution in [0.5, 0.6) is 5.75 Å². The summed E-state index contributed by atoms with van der Waals surface area (Å²) in [5, 5.41) is 11.7. The normalized spacial score (nSPS) is 11.2. The lowest BCUT2D eigenvalue weighted by molar-refractivity contribution is 0.476. The molecule has 124 valence electrons. The molecule has 5 rings (SSSR count). The predicted molar refractivity (Wildman–Crippen MR) is 104 cm³/mol. The molecule has 0 unspecified atom stereocenters. The van der Waals surface area contributed by atoms with Crippen LogP contribution in [-0.2, 0) is 0 Å². The van der Waals surface area contributed by atoms with Gasteiger partial charge in [0.1, 0.15) is 11.3 Å². The van der Waals surface area contributed by atoms with E-state index in [0.29, 0.717) is 5.89 Å². The van der Waals surface area contributed by atoms with Gasteiger partial charge in [0.15, 0.2) is 5.58 Å². The highest BCUT2D eigenvalue weighted by molar-refractivity contribution is 5.96. The Labute approximate surface area is 150 Å². The molecule has 3 heteroatoms. The monoisotopic (exact) mass is 337 g/mol. The third kappa shape index (κ3) is 2.42. The van der Waals surface area contributed by atoms with Crippen LogP contribution in [0, 0.1) is 0 Å². The molecule has 0 radical (unpaired) electrons. The average Bonchev–Trinajstić information content (AvgIpc) is 3.11. The molecule has 0 bridgehead atoms. The molecule has 1 heterocycles. The van der Waals surface area contributed by atoms with Gasteiger partial charge >= 0.3 is 0 Å². The summed E-state index contributed by atoms with van der Waals surface area (Å²) in [6.45, 7) is 0. The molecule has 0 aliphatic carbocycles. The third-order valence-corrected chi connectivity index (χ3v) is 4.59. The average molecular weight is 337 g/mol. The lowest BCUT2D eigenvalue weighted by Crippen LogP contribution is -1.81. The maximum Gasteiger partial charge on any atom is 0.227 e. The van der Waals surface area contributed by atoms with Crippen LogP contribution < -0.4 is 0 Å². The molecule has 0 aliphatic rings. The van der Waals surface area contributed by atoms with Gasteiger partial charge in [-0.1, -0.05) is 48.5 Å². The summed E-state index contributed by atoms with van der Waals surface area (Å²) >= 11 is 0. The minimum absolute atomic E-state index is 0.250. The molecule has 0 spiro atoms. The zero-order chi connectivity index (χ0) is 17.5. The number of benzene rings is 4. The number of hydrogen-bond donors (Lipinski definition) is 1. The summed E-state index contributed by atoms with van der Waals surface area (Å²) in [4.78, 5) is 4.71. The van der Waals surface area contributed by atoms with E-state index in [1.165, 1.54) is 0 Å². The van der Waals surface area contributed by atoms with Crippen LogP contribution in [0.2, 0.25) is 0 Å². The molecular weight excluding hydrogens is 322 g/mol. The first-order valence-electron chi connectivity index (χ1n) is 8.46. The Morgan fingerprint density at radius 3 is 2.50 bits per heavy atom. The van der Waals surface area contributed by atoms with Crippen LogP contribution in [-0.4, -0.2) is 10.1 Å². The van der Waals surface area contributed by atoms with Crippen molar-refractivity contribution in [2.45, 2.75) is 0 Å². The standard InChI is InChI=1S/C23H15NO2/c25-18-10-11-19-17(13-18)7-4-8-20(19)23-24-21-14-16(9-12-22(21)26-23)15-5-2-1-3-6-15/h1-14,25H. The molecule has 1 aromatic heterocycles. The van der Waals surface area contributed by atoms with Crippen LogP contribution in [0.25, 0.3) is 44.5 Å². The van der Waals surface area contributed by atoms with E-state index in [1.54, 1.807) is 12.1 Å². The van der Waals surface area contributed by atoms with Crippen LogP contribution >= 0.6 is 0 Å². The summed E-state index contributed by atoms with van der Waals surface area (Å²) in [7, 11) is 0. The summed E-state index contributed by atoms with van der Waals surface area (Å²) in [5.74, 6) is 0.834. The number of fused-ring (bicyclic) bond motifs is 2. The van der Waals surface area contributed by atoms with Gasteiger partial charge in [0.2, 0.25) is 5.89 Å². The number of oxazole rings is 1. The van der Waals surface area contributed by atoms with Crippen LogP contribution in [0.4, 0.5) is 0 Å². The molecule has 1 N–H and O–H groups in total. The van der Waals surface area contributed by atoms with Gasteiger partial charge in [-0.3, -0.25) is 0 Å². The van der Waals surface area contributed by atoms with Crippen molar-refractivity contribution in [1.82, 2.24) is 4.98 Å². The van der Waals surface area contributed by atoms with Crippen molar-refractivity contribution >= 4 is 21.9 Å². The van der Waals surface area contributed by atoms with Crippen molar-refractivity contribution in [3.8, 4) is 28.3 Å². The van der Waals surface area contributed by atoms with Crippen LogP contribution in [0.15, 0.2) is 89.3 Å². The lowest BCUT2D eigenvalue weighted by atomic mass is 10.0. The van der Waals surface area contributed by atoms with Gasteiger partial charge in [-0.25, -0.2) is 4.98 Å². The van der Waals surface area contributed by atoms with Gasteiger partial charge in [0, 0.05) is 5.56 Å². The van der Waals surface area contributed by atoms with Gasteiger partial charge in [0.05, 0.1) is 0 Å². The van der Waals surface area contributed by atoms with Crippen LogP contribution in [0.1, 0.15) is 0 Å². The van der Waals surface area contributed by atoms with Crippen molar-refractivity contribution in [3.05, 3.63) is 84.9 Å². The fraction of sp³-hybridized carbons (Fsp3) is 0. The molecular formula is C23H15NO2. The fourth-order valence-electron chi connectivity index (χ4n) is 3.31. The molecule has 0 saturated carbocycles. The van der Waals surface area contributed by atoms with Gasteiger partial charge in [-0.2, -0.15) is 0 Å². The number of phenolic OH excluding ortho intramolecular Hbond substituents is 1. The van der Waals surface area contributed by atoms with E-state index < -0.39 is 0 Å². The van der Waals surface area contributed by atoms with E-state index >= 15 is 0 Å². The van der Waals surface area contributed by atoms with E-state index in [0.717, 1.165) is 38.6 Å². The topological polar surface area (TPSA) is 46.3 Å². The molecule has 3 nitrogen and oxygen atoms in total. The van der Waals surface area contributed by atoms with E-state index in [1.807, 2.05) is 54.6 Å². The number of aromatic nitrogens is 1. The van der Waals surface area contributed by atoms with Crippen molar-refractivity contribution in [1.29, 1.82) is 0 Å². The van der Waals surface area contributed by atoms with E-state index in [-0.39, 0.29) is 5.75 Å². The second-order valence-electron chi connectivity index (χ2n) is 6.28. The van der Waals surface area contributed by atoms with E-state index in [9.17, 15) is 5.11 Å². The van der Waals surface area contributed by atoms with E-state index in [4.69, 9.17) is 9.40 Å².